The highest BCUT2D eigenvalue weighted by molar-refractivity contribution is 7.92. The van der Waals surface area contributed by atoms with Crippen LogP contribution >= 0.6 is 23.2 Å². The first-order valence-corrected chi connectivity index (χ1v) is 11.5. The number of sulfonamides is 1. The fourth-order valence-electron chi connectivity index (χ4n) is 2.76. The predicted molar refractivity (Wildman–Crippen MR) is 118 cm³/mol. The molecule has 9 heteroatoms. The molecule has 1 amide bonds. The summed E-state index contributed by atoms with van der Waals surface area (Å²) in [4.78, 5) is 12.6. The van der Waals surface area contributed by atoms with Crippen molar-refractivity contribution in [3.8, 4) is 5.75 Å². The summed E-state index contributed by atoms with van der Waals surface area (Å²) in [5.74, 6) is 0.149. The van der Waals surface area contributed by atoms with Gasteiger partial charge in [0.05, 0.1) is 18.5 Å². The van der Waals surface area contributed by atoms with Crippen LogP contribution in [0.15, 0.2) is 36.4 Å². The summed E-state index contributed by atoms with van der Waals surface area (Å²) < 4.78 is 31.4. The van der Waals surface area contributed by atoms with Crippen LogP contribution in [-0.4, -0.2) is 39.8 Å². The lowest BCUT2D eigenvalue weighted by Crippen LogP contribution is -2.48. The molecule has 0 fully saturated rings. The minimum Gasteiger partial charge on any atom is -0.492 e. The van der Waals surface area contributed by atoms with Gasteiger partial charge in [0.1, 0.15) is 18.4 Å². The smallest absolute Gasteiger partial charge is 0.243 e. The lowest BCUT2D eigenvalue weighted by Gasteiger charge is -2.29. The maximum absolute atomic E-state index is 12.6. The molecule has 0 saturated heterocycles. The van der Waals surface area contributed by atoms with Crippen LogP contribution in [0, 0.1) is 13.8 Å². The molecular formula is C20H24Cl2N2O4S. The van der Waals surface area contributed by atoms with Gasteiger partial charge in [-0.2, -0.15) is 0 Å². The average Bonchev–Trinajstić information content (AvgIpc) is 2.63. The number of carbonyl (C=O) groups is 1. The third-order valence-electron chi connectivity index (χ3n) is 4.31. The van der Waals surface area contributed by atoms with E-state index in [0.29, 0.717) is 27.0 Å². The number of ether oxygens (including phenoxy) is 1. The molecule has 0 radical (unpaired) electrons. The fraction of sp³-hybridized carbons (Fsp3) is 0.350. The predicted octanol–water partition coefficient (Wildman–Crippen LogP) is 3.96. The third-order valence-corrected chi connectivity index (χ3v) is 6.18. The minimum atomic E-state index is -3.72. The molecule has 0 aromatic heterocycles. The van der Waals surface area contributed by atoms with Gasteiger partial charge in [0.25, 0.3) is 0 Å². The van der Waals surface area contributed by atoms with Crippen LogP contribution in [0.5, 0.6) is 5.75 Å². The lowest BCUT2D eigenvalue weighted by atomic mass is 10.2. The Bertz CT molecular complexity index is 996. The normalized spacial score (nSPS) is 12.3. The Hall–Kier alpha value is -1.96. The van der Waals surface area contributed by atoms with Crippen molar-refractivity contribution in [2.75, 3.05) is 23.7 Å². The topological polar surface area (TPSA) is 75.7 Å². The zero-order valence-electron chi connectivity index (χ0n) is 16.7. The van der Waals surface area contributed by atoms with E-state index in [1.807, 2.05) is 13.0 Å². The zero-order chi connectivity index (χ0) is 21.8. The monoisotopic (exact) mass is 458 g/mol. The number of carbonyl (C=O) groups excluding carboxylic acids is 1. The van der Waals surface area contributed by atoms with E-state index < -0.39 is 22.0 Å². The summed E-state index contributed by atoms with van der Waals surface area (Å²) >= 11 is 12.1. The number of amides is 1. The van der Waals surface area contributed by atoms with Gasteiger partial charge in [-0.05, 0) is 56.2 Å². The van der Waals surface area contributed by atoms with Gasteiger partial charge in [-0.15, -0.1) is 0 Å². The Balaban J connectivity index is 2.04. The molecule has 0 unspecified atom stereocenters. The van der Waals surface area contributed by atoms with Crippen molar-refractivity contribution in [3.05, 3.63) is 57.6 Å². The van der Waals surface area contributed by atoms with Crippen molar-refractivity contribution in [1.82, 2.24) is 5.32 Å². The Labute approximate surface area is 181 Å². The van der Waals surface area contributed by atoms with Crippen LogP contribution < -0.4 is 14.4 Å². The van der Waals surface area contributed by atoms with Gasteiger partial charge in [0.15, 0.2) is 0 Å². The van der Waals surface area contributed by atoms with Gasteiger partial charge in [-0.3, -0.25) is 9.10 Å². The molecule has 2 rings (SSSR count). The highest BCUT2D eigenvalue weighted by Gasteiger charge is 2.30. The van der Waals surface area contributed by atoms with E-state index in [-0.39, 0.29) is 13.2 Å². The molecule has 158 valence electrons. The summed E-state index contributed by atoms with van der Waals surface area (Å²) in [5.41, 5.74) is 2.01. The molecule has 0 spiro atoms. The van der Waals surface area contributed by atoms with Gasteiger partial charge >= 0.3 is 0 Å². The summed E-state index contributed by atoms with van der Waals surface area (Å²) in [5, 5.41) is 3.68. The Morgan fingerprint density at radius 1 is 1.14 bits per heavy atom. The second kappa shape index (κ2) is 9.69. The first-order chi connectivity index (χ1) is 13.5. The molecule has 0 aliphatic heterocycles. The molecule has 29 heavy (non-hydrogen) atoms. The summed E-state index contributed by atoms with van der Waals surface area (Å²) in [6.45, 7) is 5.60. The van der Waals surface area contributed by atoms with Crippen LogP contribution in [0.1, 0.15) is 18.1 Å². The summed E-state index contributed by atoms with van der Waals surface area (Å²) in [6.07, 6.45) is 1.06. The van der Waals surface area contributed by atoms with Crippen molar-refractivity contribution in [3.63, 3.8) is 0 Å². The van der Waals surface area contributed by atoms with Gasteiger partial charge in [-0.25, -0.2) is 8.42 Å². The van der Waals surface area contributed by atoms with Gasteiger partial charge in [-0.1, -0.05) is 35.3 Å². The van der Waals surface area contributed by atoms with E-state index in [9.17, 15) is 13.2 Å². The highest BCUT2D eigenvalue weighted by Crippen LogP contribution is 2.28. The van der Waals surface area contributed by atoms with Crippen LogP contribution in [-0.2, 0) is 14.8 Å². The largest absolute Gasteiger partial charge is 0.492 e. The van der Waals surface area contributed by atoms with Crippen LogP contribution in [0.25, 0.3) is 0 Å². The number of benzene rings is 2. The van der Waals surface area contributed by atoms with Crippen molar-refractivity contribution >= 4 is 44.8 Å². The second-order valence-electron chi connectivity index (χ2n) is 6.72. The lowest BCUT2D eigenvalue weighted by molar-refractivity contribution is -0.121. The second-order valence-corrected chi connectivity index (χ2v) is 9.42. The first kappa shape index (κ1) is 23.3. The number of anilines is 1. The average molecular weight is 459 g/mol. The summed E-state index contributed by atoms with van der Waals surface area (Å²) in [7, 11) is -3.72. The maximum atomic E-state index is 12.6. The quantitative estimate of drug-likeness (QED) is 0.607. The molecule has 2 aromatic rings. The Kier molecular flexibility index (Phi) is 7.80. The van der Waals surface area contributed by atoms with Crippen molar-refractivity contribution in [2.24, 2.45) is 0 Å². The number of nitrogens with zero attached hydrogens (tertiary/aromatic N) is 1. The van der Waals surface area contributed by atoms with E-state index in [2.05, 4.69) is 5.32 Å². The van der Waals surface area contributed by atoms with E-state index in [1.54, 1.807) is 31.2 Å². The SMILES string of the molecule is Cc1ccc(OCCNC(=O)[C@H](C)N(c2cc(Cl)ccc2C)S(C)(=O)=O)cc1Cl. The first-order valence-electron chi connectivity index (χ1n) is 8.93. The Morgan fingerprint density at radius 3 is 2.41 bits per heavy atom. The van der Waals surface area contributed by atoms with Crippen LogP contribution in [0.2, 0.25) is 10.0 Å². The number of aryl methyl sites for hydroxylation is 2. The van der Waals surface area contributed by atoms with Crippen LogP contribution in [0.4, 0.5) is 5.69 Å². The standard InChI is InChI=1S/C20H24Cl2N2O4S/c1-13-6-8-17(12-18(13)22)28-10-9-23-20(25)15(3)24(29(4,26)27)19-11-16(21)7-5-14(19)2/h5-8,11-12,15H,9-10H2,1-4H3,(H,23,25)/t15-/m0/s1. The van der Waals surface area contributed by atoms with Gasteiger partial charge in [0, 0.05) is 10.0 Å². The molecule has 0 heterocycles. The van der Waals surface area contributed by atoms with E-state index >= 15 is 0 Å². The summed E-state index contributed by atoms with van der Waals surface area (Å²) in [6, 6.07) is 9.28. The molecule has 2 aromatic carbocycles. The van der Waals surface area contributed by atoms with Crippen LogP contribution in [0.3, 0.4) is 0 Å². The number of nitrogens with one attached hydrogen (secondary N) is 1. The number of halogens is 2. The van der Waals surface area contributed by atoms with E-state index in [0.717, 1.165) is 16.1 Å². The van der Waals surface area contributed by atoms with Crippen molar-refractivity contribution in [2.45, 2.75) is 26.8 Å². The molecule has 0 saturated carbocycles. The molecule has 0 bridgehead atoms. The van der Waals surface area contributed by atoms with Gasteiger partial charge < -0.3 is 10.1 Å². The number of hydrogen-bond donors (Lipinski definition) is 1. The molecular weight excluding hydrogens is 435 g/mol. The molecule has 1 atom stereocenters. The highest BCUT2D eigenvalue weighted by atomic mass is 35.5. The Morgan fingerprint density at radius 2 is 1.79 bits per heavy atom. The van der Waals surface area contributed by atoms with E-state index in [4.69, 9.17) is 27.9 Å². The van der Waals surface area contributed by atoms with Crippen molar-refractivity contribution < 1.29 is 17.9 Å². The number of hydrogen-bond acceptors (Lipinski definition) is 4. The third kappa shape index (κ3) is 6.26. The maximum Gasteiger partial charge on any atom is 0.243 e. The molecule has 6 nitrogen and oxygen atoms in total. The van der Waals surface area contributed by atoms with E-state index in [1.165, 1.54) is 13.0 Å². The molecule has 1 N–H and O–H groups in total. The fourth-order valence-corrected chi connectivity index (χ4v) is 4.32. The zero-order valence-corrected chi connectivity index (χ0v) is 19.0. The minimum absolute atomic E-state index is 0.209. The number of rotatable bonds is 8. The van der Waals surface area contributed by atoms with Crippen molar-refractivity contribution in [1.29, 1.82) is 0 Å². The molecule has 0 aliphatic rings. The van der Waals surface area contributed by atoms with Gasteiger partial charge in [0.2, 0.25) is 15.9 Å². The molecule has 0 aliphatic carbocycles.